The van der Waals surface area contributed by atoms with Crippen molar-refractivity contribution in [2.75, 3.05) is 5.75 Å². The van der Waals surface area contributed by atoms with Crippen molar-refractivity contribution in [3.8, 4) is 17.6 Å². The fourth-order valence-electron chi connectivity index (χ4n) is 1.80. The van der Waals surface area contributed by atoms with Crippen molar-refractivity contribution in [2.45, 2.75) is 11.8 Å². The number of carboxylic acids is 1. The van der Waals surface area contributed by atoms with Crippen LogP contribution in [0.5, 0.6) is 11.5 Å². The fourth-order valence-corrected chi connectivity index (χ4v) is 2.58. The highest BCUT2D eigenvalue weighted by atomic mass is 32.2. The first kappa shape index (κ1) is 14.9. The SMILES string of the molecule is CCSc1cccc(Oc2cccc(C(=O)O)c2)c1C#N. The van der Waals surface area contributed by atoms with Crippen LogP contribution in [0, 0.1) is 11.3 Å². The Kier molecular flexibility index (Phi) is 4.85. The summed E-state index contributed by atoms with van der Waals surface area (Å²) in [6, 6.07) is 13.7. The predicted octanol–water partition coefficient (Wildman–Crippen LogP) is 4.16. The van der Waals surface area contributed by atoms with Crippen LogP contribution in [0.2, 0.25) is 0 Å². The molecule has 2 rings (SSSR count). The van der Waals surface area contributed by atoms with Gasteiger partial charge < -0.3 is 9.84 Å². The third-order valence-corrected chi connectivity index (χ3v) is 3.65. The molecule has 0 aliphatic heterocycles. The minimum Gasteiger partial charge on any atom is -0.478 e. The van der Waals surface area contributed by atoms with Gasteiger partial charge in [0.1, 0.15) is 23.1 Å². The minimum absolute atomic E-state index is 0.144. The Morgan fingerprint density at radius 1 is 1.33 bits per heavy atom. The number of carbonyl (C=O) groups is 1. The number of hydrogen-bond donors (Lipinski definition) is 1. The minimum atomic E-state index is -1.02. The summed E-state index contributed by atoms with van der Waals surface area (Å²) in [7, 11) is 0. The number of thioether (sulfide) groups is 1. The van der Waals surface area contributed by atoms with Gasteiger partial charge in [-0.3, -0.25) is 0 Å². The summed E-state index contributed by atoms with van der Waals surface area (Å²) in [5, 5.41) is 18.3. The highest BCUT2D eigenvalue weighted by molar-refractivity contribution is 7.99. The highest BCUT2D eigenvalue weighted by Crippen LogP contribution is 2.32. The van der Waals surface area contributed by atoms with E-state index in [4.69, 9.17) is 9.84 Å². The van der Waals surface area contributed by atoms with Crippen molar-refractivity contribution in [3.63, 3.8) is 0 Å². The van der Waals surface area contributed by atoms with Gasteiger partial charge in [0.2, 0.25) is 0 Å². The van der Waals surface area contributed by atoms with Gasteiger partial charge in [-0.1, -0.05) is 19.1 Å². The number of nitrogens with zero attached hydrogens (tertiary/aromatic N) is 1. The van der Waals surface area contributed by atoms with E-state index < -0.39 is 5.97 Å². The Bertz CT molecular complexity index is 707. The molecule has 0 fully saturated rings. The fraction of sp³-hybridized carbons (Fsp3) is 0.125. The van der Waals surface area contributed by atoms with Crippen molar-refractivity contribution in [2.24, 2.45) is 0 Å². The molecule has 0 unspecified atom stereocenters. The first-order valence-electron chi connectivity index (χ1n) is 6.32. The van der Waals surface area contributed by atoms with Gasteiger partial charge in [0.05, 0.1) is 5.56 Å². The van der Waals surface area contributed by atoms with Crippen LogP contribution >= 0.6 is 11.8 Å². The first-order valence-corrected chi connectivity index (χ1v) is 7.31. The smallest absolute Gasteiger partial charge is 0.335 e. The van der Waals surface area contributed by atoms with Crippen LogP contribution in [-0.2, 0) is 0 Å². The van der Waals surface area contributed by atoms with Gasteiger partial charge in [-0.05, 0) is 36.1 Å². The maximum atomic E-state index is 11.0. The summed E-state index contributed by atoms with van der Waals surface area (Å²) in [4.78, 5) is 11.8. The molecule has 0 heterocycles. The third-order valence-electron chi connectivity index (χ3n) is 2.71. The van der Waals surface area contributed by atoms with Crippen LogP contribution in [0.15, 0.2) is 47.4 Å². The molecule has 5 heteroatoms. The van der Waals surface area contributed by atoms with Crippen LogP contribution in [0.25, 0.3) is 0 Å². The van der Waals surface area contributed by atoms with Gasteiger partial charge in [0.15, 0.2) is 0 Å². The monoisotopic (exact) mass is 299 g/mol. The van der Waals surface area contributed by atoms with E-state index in [2.05, 4.69) is 6.07 Å². The van der Waals surface area contributed by atoms with Crippen molar-refractivity contribution in [1.29, 1.82) is 5.26 Å². The molecule has 106 valence electrons. The molecular weight excluding hydrogens is 286 g/mol. The molecule has 0 aromatic heterocycles. The van der Waals surface area contributed by atoms with Gasteiger partial charge in [-0.2, -0.15) is 5.26 Å². The topological polar surface area (TPSA) is 70.3 Å². The Morgan fingerprint density at radius 3 is 2.76 bits per heavy atom. The molecule has 0 atom stereocenters. The highest BCUT2D eigenvalue weighted by Gasteiger charge is 2.11. The second-order valence-electron chi connectivity index (χ2n) is 4.11. The molecule has 0 aliphatic carbocycles. The standard InChI is InChI=1S/C16H13NO3S/c1-2-21-15-8-4-7-14(13(15)10-17)20-12-6-3-5-11(9-12)16(18)19/h3-9H,2H2,1H3,(H,18,19). The summed E-state index contributed by atoms with van der Waals surface area (Å²) in [5.74, 6) is 0.659. The van der Waals surface area contributed by atoms with E-state index >= 15 is 0 Å². The average molecular weight is 299 g/mol. The molecule has 0 spiro atoms. The van der Waals surface area contributed by atoms with Crippen molar-refractivity contribution < 1.29 is 14.6 Å². The van der Waals surface area contributed by atoms with Gasteiger partial charge in [0, 0.05) is 4.90 Å². The molecule has 0 bridgehead atoms. The van der Waals surface area contributed by atoms with Crippen LogP contribution in [0.3, 0.4) is 0 Å². The van der Waals surface area contributed by atoms with Crippen LogP contribution < -0.4 is 4.74 Å². The van der Waals surface area contributed by atoms with E-state index in [-0.39, 0.29) is 5.56 Å². The number of benzene rings is 2. The Hall–Kier alpha value is -2.45. The molecule has 4 nitrogen and oxygen atoms in total. The van der Waals surface area contributed by atoms with Gasteiger partial charge in [-0.15, -0.1) is 11.8 Å². The average Bonchev–Trinajstić information content (AvgIpc) is 2.48. The van der Waals surface area contributed by atoms with Crippen molar-refractivity contribution >= 4 is 17.7 Å². The molecular formula is C16H13NO3S. The molecule has 0 radical (unpaired) electrons. The lowest BCUT2D eigenvalue weighted by Gasteiger charge is -2.10. The lowest BCUT2D eigenvalue weighted by molar-refractivity contribution is 0.0696. The first-order chi connectivity index (χ1) is 10.2. The van der Waals surface area contributed by atoms with E-state index in [9.17, 15) is 10.1 Å². The maximum Gasteiger partial charge on any atom is 0.335 e. The second-order valence-corrected chi connectivity index (χ2v) is 5.41. The molecule has 0 saturated heterocycles. The zero-order valence-electron chi connectivity index (χ0n) is 11.4. The number of ether oxygens (including phenoxy) is 1. The zero-order chi connectivity index (χ0) is 15.2. The van der Waals surface area contributed by atoms with Crippen LogP contribution in [0.4, 0.5) is 0 Å². The molecule has 1 N–H and O–H groups in total. The van der Waals surface area contributed by atoms with E-state index in [1.165, 1.54) is 12.1 Å². The largest absolute Gasteiger partial charge is 0.478 e. The number of hydrogen-bond acceptors (Lipinski definition) is 4. The Labute approximate surface area is 127 Å². The third kappa shape index (κ3) is 3.56. The molecule has 0 aliphatic rings. The quantitative estimate of drug-likeness (QED) is 0.839. The molecule has 0 saturated carbocycles. The van der Waals surface area contributed by atoms with Gasteiger partial charge in [0.25, 0.3) is 0 Å². The summed E-state index contributed by atoms with van der Waals surface area (Å²) < 4.78 is 5.68. The molecule has 2 aromatic carbocycles. The zero-order valence-corrected chi connectivity index (χ0v) is 12.2. The predicted molar refractivity (Wildman–Crippen MR) is 81.0 cm³/mol. The second kappa shape index (κ2) is 6.82. The van der Waals surface area contributed by atoms with E-state index in [0.717, 1.165) is 10.6 Å². The lowest BCUT2D eigenvalue weighted by atomic mass is 10.2. The number of nitriles is 1. The summed E-state index contributed by atoms with van der Waals surface area (Å²) >= 11 is 1.56. The summed E-state index contributed by atoms with van der Waals surface area (Å²) in [6.07, 6.45) is 0. The van der Waals surface area contributed by atoms with Gasteiger partial charge >= 0.3 is 5.97 Å². The normalized spacial score (nSPS) is 9.90. The number of carboxylic acid groups (broad SMARTS) is 1. The molecule has 2 aromatic rings. The van der Waals surface area contributed by atoms with Crippen LogP contribution in [-0.4, -0.2) is 16.8 Å². The summed E-state index contributed by atoms with van der Waals surface area (Å²) in [5.41, 5.74) is 0.607. The van der Waals surface area contributed by atoms with Gasteiger partial charge in [-0.25, -0.2) is 4.79 Å². The number of rotatable bonds is 5. The van der Waals surface area contributed by atoms with E-state index in [0.29, 0.717) is 17.1 Å². The van der Waals surface area contributed by atoms with Crippen LogP contribution in [0.1, 0.15) is 22.8 Å². The lowest BCUT2D eigenvalue weighted by Crippen LogP contribution is -1.97. The Morgan fingerprint density at radius 2 is 2.10 bits per heavy atom. The van der Waals surface area contributed by atoms with E-state index in [1.807, 2.05) is 19.1 Å². The molecule has 0 amide bonds. The molecule has 21 heavy (non-hydrogen) atoms. The maximum absolute atomic E-state index is 11.0. The Balaban J connectivity index is 2.36. The number of aromatic carboxylic acids is 1. The summed E-state index contributed by atoms with van der Waals surface area (Å²) in [6.45, 7) is 2.01. The van der Waals surface area contributed by atoms with Crippen molar-refractivity contribution in [3.05, 3.63) is 53.6 Å². The van der Waals surface area contributed by atoms with Crippen molar-refractivity contribution in [1.82, 2.24) is 0 Å². The van der Waals surface area contributed by atoms with E-state index in [1.54, 1.807) is 30.0 Å².